The predicted octanol–water partition coefficient (Wildman–Crippen LogP) is 2.79. The summed E-state index contributed by atoms with van der Waals surface area (Å²) in [7, 11) is -3.47. The number of amides is 1. The number of nitro groups is 1. The molecule has 1 amide bonds. The number of sulfone groups is 1. The third-order valence-electron chi connectivity index (χ3n) is 4.25. The number of hydrogen-bond acceptors (Lipinski definition) is 7. The fraction of sp³-hybridized carbons (Fsp3) is 0.263. The zero-order valence-corrected chi connectivity index (χ0v) is 17.9. The van der Waals surface area contributed by atoms with Gasteiger partial charge in [-0.1, -0.05) is 17.4 Å². The number of nitrogens with zero attached hydrogens (tertiary/aromatic N) is 3. The fourth-order valence-electron chi connectivity index (χ4n) is 2.79. The zero-order chi connectivity index (χ0) is 21.9. The fourth-order valence-corrected chi connectivity index (χ4v) is 4.54. The minimum absolute atomic E-state index is 0.0275. The van der Waals surface area contributed by atoms with Gasteiger partial charge in [0.2, 0.25) is 0 Å². The van der Waals surface area contributed by atoms with E-state index in [2.05, 4.69) is 4.99 Å². The Kier molecular flexibility index (Phi) is 6.44. The van der Waals surface area contributed by atoms with Crippen LogP contribution in [0.25, 0.3) is 10.2 Å². The molecule has 0 saturated heterocycles. The molecule has 0 atom stereocenters. The summed E-state index contributed by atoms with van der Waals surface area (Å²) in [6.07, 6.45) is 1.06. The predicted molar refractivity (Wildman–Crippen MR) is 112 cm³/mol. The average Bonchev–Trinajstić information content (AvgIpc) is 3.04. The third-order valence-corrected chi connectivity index (χ3v) is 6.40. The lowest BCUT2D eigenvalue weighted by atomic mass is 10.2. The average molecular weight is 450 g/mol. The van der Waals surface area contributed by atoms with Crippen molar-refractivity contribution in [1.82, 2.24) is 4.57 Å². The van der Waals surface area contributed by atoms with Crippen LogP contribution in [0.4, 0.5) is 5.69 Å². The van der Waals surface area contributed by atoms with Gasteiger partial charge in [-0.2, -0.15) is 4.99 Å². The molecule has 0 aliphatic carbocycles. The summed E-state index contributed by atoms with van der Waals surface area (Å²) in [6.45, 7) is 3.17. The van der Waals surface area contributed by atoms with Gasteiger partial charge < -0.3 is 9.30 Å². The maximum absolute atomic E-state index is 12.7. The second-order valence-corrected chi connectivity index (χ2v) is 9.38. The van der Waals surface area contributed by atoms with E-state index in [9.17, 15) is 23.3 Å². The quantitative estimate of drug-likeness (QED) is 0.311. The molecule has 0 unspecified atom stereocenters. The molecule has 0 aliphatic heterocycles. The number of thiazole rings is 1. The van der Waals surface area contributed by atoms with Crippen LogP contribution in [0.3, 0.4) is 0 Å². The van der Waals surface area contributed by atoms with Crippen molar-refractivity contribution in [3.63, 3.8) is 0 Å². The lowest BCUT2D eigenvalue weighted by Crippen LogP contribution is -2.19. The lowest BCUT2D eigenvalue weighted by molar-refractivity contribution is -0.384. The Morgan fingerprint density at radius 2 is 2.03 bits per heavy atom. The SMILES string of the molecule is CCOCCn1c(=NC(=O)c2cccc(S(C)(=O)=O)c2)sc2cc([N+](=O)[O-])ccc21. The normalized spacial score (nSPS) is 12.4. The first-order valence-corrected chi connectivity index (χ1v) is 11.7. The minimum atomic E-state index is -3.47. The summed E-state index contributed by atoms with van der Waals surface area (Å²) < 4.78 is 31.3. The molecular weight excluding hydrogens is 430 g/mol. The van der Waals surface area contributed by atoms with E-state index in [0.29, 0.717) is 34.8 Å². The van der Waals surface area contributed by atoms with Gasteiger partial charge in [-0.25, -0.2) is 8.42 Å². The highest BCUT2D eigenvalue weighted by Gasteiger charge is 2.15. The minimum Gasteiger partial charge on any atom is -0.380 e. The van der Waals surface area contributed by atoms with Crippen molar-refractivity contribution in [2.75, 3.05) is 19.5 Å². The van der Waals surface area contributed by atoms with E-state index in [0.717, 1.165) is 17.6 Å². The number of benzene rings is 2. The summed E-state index contributed by atoms with van der Waals surface area (Å²) in [5, 5.41) is 11.1. The van der Waals surface area contributed by atoms with E-state index < -0.39 is 20.7 Å². The van der Waals surface area contributed by atoms with Gasteiger partial charge >= 0.3 is 0 Å². The van der Waals surface area contributed by atoms with E-state index in [-0.39, 0.29) is 16.1 Å². The molecule has 30 heavy (non-hydrogen) atoms. The summed E-state index contributed by atoms with van der Waals surface area (Å²) in [6, 6.07) is 10.1. The number of carbonyl (C=O) groups excluding carboxylic acids is 1. The number of hydrogen-bond donors (Lipinski definition) is 0. The molecule has 3 rings (SSSR count). The highest BCUT2D eigenvalue weighted by Crippen LogP contribution is 2.23. The van der Waals surface area contributed by atoms with Crippen LogP contribution in [0, 0.1) is 10.1 Å². The van der Waals surface area contributed by atoms with Crippen LogP contribution in [-0.2, 0) is 21.1 Å². The standard InChI is InChI=1S/C19H19N3O6S2/c1-3-28-10-9-21-16-8-7-14(22(24)25)12-17(16)29-19(21)20-18(23)13-5-4-6-15(11-13)30(2,26)27/h4-8,11-12H,3,9-10H2,1-2H3. The van der Waals surface area contributed by atoms with Crippen LogP contribution >= 0.6 is 11.3 Å². The molecule has 0 aliphatic rings. The molecule has 1 heterocycles. The Hall–Kier alpha value is -2.89. The third kappa shape index (κ3) is 4.81. The van der Waals surface area contributed by atoms with Gasteiger partial charge in [0.15, 0.2) is 14.6 Å². The van der Waals surface area contributed by atoms with Crippen LogP contribution in [-0.4, -0.2) is 43.3 Å². The van der Waals surface area contributed by atoms with Gasteiger partial charge in [0.25, 0.3) is 11.6 Å². The van der Waals surface area contributed by atoms with Gasteiger partial charge in [-0.15, -0.1) is 0 Å². The summed E-state index contributed by atoms with van der Waals surface area (Å²) in [5.74, 6) is -0.605. The van der Waals surface area contributed by atoms with Crippen LogP contribution in [0.2, 0.25) is 0 Å². The van der Waals surface area contributed by atoms with E-state index >= 15 is 0 Å². The van der Waals surface area contributed by atoms with Crippen LogP contribution in [0.5, 0.6) is 0 Å². The molecule has 0 radical (unpaired) electrons. The molecule has 9 nitrogen and oxygen atoms in total. The van der Waals surface area contributed by atoms with Crippen molar-refractivity contribution in [3.05, 3.63) is 62.9 Å². The van der Waals surface area contributed by atoms with Gasteiger partial charge in [-0.3, -0.25) is 14.9 Å². The highest BCUT2D eigenvalue weighted by molar-refractivity contribution is 7.90. The zero-order valence-electron chi connectivity index (χ0n) is 16.3. The number of rotatable bonds is 7. The topological polar surface area (TPSA) is 121 Å². The number of nitro benzene ring substituents is 1. The first-order chi connectivity index (χ1) is 14.2. The van der Waals surface area contributed by atoms with Crippen molar-refractivity contribution < 1.29 is 22.9 Å². The van der Waals surface area contributed by atoms with Crippen LogP contribution in [0.15, 0.2) is 52.4 Å². The van der Waals surface area contributed by atoms with Crippen LogP contribution < -0.4 is 4.80 Å². The smallest absolute Gasteiger partial charge is 0.279 e. The van der Waals surface area contributed by atoms with Crippen molar-refractivity contribution in [2.24, 2.45) is 4.99 Å². The number of fused-ring (bicyclic) bond motifs is 1. The van der Waals surface area contributed by atoms with Gasteiger partial charge in [0.05, 0.1) is 26.6 Å². The first-order valence-electron chi connectivity index (χ1n) is 8.95. The monoisotopic (exact) mass is 449 g/mol. The largest absolute Gasteiger partial charge is 0.380 e. The van der Waals surface area contributed by atoms with Gasteiger partial charge in [0.1, 0.15) is 0 Å². The molecule has 158 valence electrons. The molecule has 0 N–H and O–H groups in total. The molecule has 2 aromatic carbocycles. The Morgan fingerprint density at radius 3 is 2.70 bits per heavy atom. The first kappa shape index (κ1) is 21.8. The highest BCUT2D eigenvalue weighted by atomic mass is 32.2. The Labute approximate surface area is 176 Å². The second kappa shape index (κ2) is 8.86. The molecule has 0 bridgehead atoms. The maximum Gasteiger partial charge on any atom is 0.279 e. The number of ether oxygens (including phenoxy) is 1. The Bertz CT molecular complexity index is 1290. The molecule has 0 spiro atoms. The van der Waals surface area contributed by atoms with Gasteiger partial charge in [0, 0.05) is 37.1 Å². The molecule has 0 fully saturated rings. The van der Waals surface area contributed by atoms with Crippen molar-refractivity contribution in [3.8, 4) is 0 Å². The van der Waals surface area contributed by atoms with E-state index in [1.54, 1.807) is 10.6 Å². The molecule has 1 aromatic heterocycles. The molecule has 11 heteroatoms. The van der Waals surface area contributed by atoms with Crippen molar-refractivity contribution >= 4 is 43.0 Å². The number of carbonyl (C=O) groups is 1. The summed E-state index contributed by atoms with van der Waals surface area (Å²) in [5.41, 5.74) is 0.777. The summed E-state index contributed by atoms with van der Waals surface area (Å²) >= 11 is 1.14. The van der Waals surface area contributed by atoms with Gasteiger partial charge in [-0.05, 0) is 31.2 Å². The van der Waals surface area contributed by atoms with E-state index in [4.69, 9.17) is 4.74 Å². The second-order valence-electron chi connectivity index (χ2n) is 6.36. The number of non-ortho nitro benzene ring substituents is 1. The van der Waals surface area contributed by atoms with Crippen molar-refractivity contribution in [2.45, 2.75) is 18.4 Å². The number of aromatic nitrogens is 1. The Balaban J connectivity index is 2.10. The maximum atomic E-state index is 12.7. The molecule has 3 aromatic rings. The molecule has 0 saturated carbocycles. The van der Waals surface area contributed by atoms with Crippen LogP contribution in [0.1, 0.15) is 17.3 Å². The van der Waals surface area contributed by atoms with E-state index in [1.807, 2.05) is 6.92 Å². The van der Waals surface area contributed by atoms with Crippen molar-refractivity contribution in [1.29, 1.82) is 0 Å². The molecular formula is C19H19N3O6S2. The lowest BCUT2D eigenvalue weighted by Gasteiger charge is -2.05. The Morgan fingerprint density at radius 1 is 1.27 bits per heavy atom. The van der Waals surface area contributed by atoms with E-state index in [1.165, 1.54) is 36.4 Å². The summed E-state index contributed by atoms with van der Waals surface area (Å²) in [4.78, 5) is 27.9.